The molecular formula is C16H22F3N3O. The van der Waals surface area contributed by atoms with E-state index in [2.05, 4.69) is 15.6 Å². The van der Waals surface area contributed by atoms with Crippen molar-refractivity contribution in [2.45, 2.75) is 32.5 Å². The zero-order chi connectivity index (χ0) is 16.9. The molecule has 0 atom stereocenters. The first-order valence-electron chi connectivity index (χ1n) is 7.68. The number of hydrogen-bond acceptors (Lipinski definition) is 2. The molecule has 0 saturated heterocycles. The number of halogens is 3. The molecule has 1 fully saturated rings. The summed E-state index contributed by atoms with van der Waals surface area (Å²) in [5.41, 5.74) is 0.0113. The van der Waals surface area contributed by atoms with E-state index in [0.717, 1.165) is 25.0 Å². The van der Waals surface area contributed by atoms with Gasteiger partial charge in [0.05, 0.1) is 18.7 Å². The van der Waals surface area contributed by atoms with Gasteiger partial charge in [-0.05, 0) is 37.5 Å². The summed E-state index contributed by atoms with van der Waals surface area (Å²) >= 11 is 0. The molecule has 0 bridgehead atoms. The highest BCUT2D eigenvalue weighted by Gasteiger charge is 2.41. The molecule has 1 saturated carbocycles. The van der Waals surface area contributed by atoms with Gasteiger partial charge in [-0.25, -0.2) is 4.99 Å². The van der Waals surface area contributed by atoms with Crippen LogP contribution < -0.4 is 10.6 Å². The van der Waals surface area contributed by atoms with E-state index in [1.54, 1.807) is 0 Å². The van der Waals surface area contributed by atoms with Crippen molar-refractivity contribution >= 4 is 5.96 Å². The van der Waals surface area contributed by atoms with Crippen LogP contribution in [0.5, 0.6) is 0 Å². The normalized spacial score (nSPS) is 17.0. The molecule has 0 aliphatic heterocycles. The minimum atomic E-state index is -4.32. The summed E-state index contributed by atoms with van der Waals surface area (Å²) in [6, 6.07) is 5.00. The average Bonchev–Trinajstić information content (AvgIpc) is 3.30. The lowest BCUT2D eigenvalue weighted by Crippen LogP contribution is -2.41. The van der Waals surface area contributed by atoms with Crippen LogP contribution in [-0.4, -0.2) is 30.8 Å². The third-order valence-corrected chi connectivity index (χ3v) is 3.97. The molecule has 2 rings (SSSR count). The fraction of sp³-hybridized carbons (Fsp3) is 0.562. The molecule has 1 aromatic carbocycles. The highest BCUT2D eigenvalue weighted by atomic mass is 19.4. The van der Waals surface area contributed by atoms with Gasteiger partial charge in [-0.1, -0.05) is 12.1 Å². The van der Waals surface area contributed by atoms with Crippen LogP contribution in [0.2, 0.25) is 0 Å². The summed E-state index contributed by atoms with van der Waals surface area (Å²) in [5, 5.41) is 15.6. The van der Waals surface area contributed by atoms with Crippen molar-refractivity contribution in [1.82, 2.24) is 10.6 Å². The van der Waals surface area contributed by atoms with Gasteiger partial charge in [0.1, 0.15) is 0 Å². The molecule has 128 valence electrons. The summed E-state index contributed by atoms with van der Waals surface area (Å²) in [7, 11) is 0. The van der Waals surface area contributed by atoms with E-state index in [-0.39, 0.29) is 12.0 Å². The second-order valence-corrected chi connectivity index (χ2v) is 5.90. The maximum atomic E-state index is 12.5. The van der Waals surface area contributed by atoms with Crippen molar-refractivity contribution in [3.05, 3.63) is 35.4 Å². The van der Waals surface area contributed by atoms with E-state index in [0.29, 0.717) is 31.2 Å². The van der Waals surface area contributed by atoms with Crippen molar-refractivity contribution in [3.8, 4) is 0 Å². The second kappa shape index (κ2) is 7.21. The lowest BCUT2D eigenvalue weighted by molar-refractivity contribution is -0.137. The van der Waals surface area contributed by atoms with Crippen LogP contribution in [0.25, 0.3) is 0 Å². The van der Waals surface area contributed by atoms with Crippen molar-refractivity contribution in [3.63, 3.8) is 0 Å². The molecule has 7 heteroatoms. The molecule has 0 amide bonds. The van der Waals surface area contributed by atoms with Crippen LogP contribution in [0.3, 0.4) is 0 Å². The number of rotatable bonds is 6. The van der Waals surface area contributed by atoms with Gasteiger partial charge in [-0.15, -0.1) is 0 Å². The minimum absolute atomic E-state index is 0.0372. The van der Waals surface area contributed by atoms with Gasteiger partial charge in [0.2, 0.25) is 0 Å². The third kappa shape index (κ3) is 5.13. The van der Waals surface area contributed by atoms with Gasteiger partial charge < -0.3 is 15.7 Å². The van der Waals surface area contributed by atoms with Gasteiger partial charge in [0.25, 0.3) is 0 Å². The zero-order valence-corrected chi connectivity index (χ0v) is 13.1. The number of aliphatic hydroxyl groups is 1. The standard InChI is InChI=1S/C16H22F3N3O/c1-2-20-14(22-10-15(11-23)7-8-15)21-9-12-3-5-13(6-4-12)16(17,18)19/h3-6,23H,2,7-11H2,1H3,(H2,20,21,22). The molecule has 1 aromatic rings. The lowest BCUT2D eigenvalue weighted by Gasteiger charge is -2.16. The average molecular weight is 329 g/mol. The molecule has 1 aliphatic rings. The topological polar surface area (TPSA) is 56.7 Å². The number of benzene rings is 1. The van der Waals surface area contributed by atoms with E-state index in [1.807, 2.05) is 6.92 Å². The summed E-state index contributed by atoms with van der Waals surface area (Å²) < 4.78 is 37.6. The van der Waals surface area contributed by atoms with Crippen molar-refractivity contribution in [2.24, 2.45) is 10.4 Å². The fourth-order valence-electron chi connectivity index (χ4n) is 2.15. The van der Waals surface area contributed by atoms with E-state index >= 15 is 0 Å². The van der Waals surface area contributed by atoms with Crippen LogP contribution in [-0.2, 0) is 12.7 Å². The number of hydrogen-bond donors (Lipinski definition) is 3. The van der Waals surface area contributed by atoms with Gasteiger partial charge in [-0.2, -0.15) is 13.2 Å². The Bertz CT molecular complexity index is 536. The molecule has 0 aromatic heterocycles. The number of alkyl halides is 3. The number of aliphatic imine (C=N–C) groups is 1. The first-order valence-corrected chi connectivity index (χ1v) is 7.68. The fourth-order valence-corrected chi connectivity index (χ4v) is 2.15. The molecule has 0 heterocycles. The van der Waals surface area contributed by atoms with Crippen molar-refractivity contribution < 1.29 is 18.3 Å². The highest BCUT2D eigenvalue weighted by molar-refractivity contribution is 5.79. The van der Waals surface area contributed by atoms with Crippen LogP contribution in [0.4, 0.5) is 13.2 Å². The van der Waals surface area contributed by atoms with Crippen molar-refractivity contribution in [2.75, 3.05) is 19.7 Å². The van der Waals surface area contributed by atoms with E-state index in [4.69, 9.17) is 0 Å². The quantitative estimate of drug-likeness (QED) is 0.555. The van der Waals surface area contributed by atoms with E-state index in [9.17, 15) is 18.3 Å². The minimum Gasteiger partial charge on any atom is -0.396 e. The number of nitrogens with one attached hydrogen (secondary N) is 2. The van der Waals surface area contributed by atoms with Gasteiger partial charge in [0.15, 0.2) is 5.96 Å². The Morgan fingerprint density at radius 1 is 1.22 bits per heavy atom. The Hall–Kier alpha value is -1.76. The first kappa shape index (κ1) is 17.6. The smallest absolute Gasteiger partial charge is 0.396 e. The largest absolute Gasteiger partial charge is 0.416 e. The van der Waals surface area contributed by atoms with Gasteiger partial charge in [0, 0.05) is 18.5 Å². The monoisotopic (exact) mass is 329 g/mol. The van der Waals surface area contributed by atoms with Crippen LogP contribution in [0.15, 0.2) is 29.3 Å². The molecular weight excluding hydrogens is 307 g/mol. The summed E-state index contributed by atoms with van der Waals surface area (Å²) in [6.45, 7) is 3.71. The van der Waals surface area contributed by atoms with Crippen LogP contribution >= 0.6 is 0 Å². The Morgan fingerprint density at radius 3 is 2.35 bits per heavy atom. The molecule has 3 N–H and O–H groups in total. The highest BCUT2D eigenvalue weighted by Crippen LogP contribution is 2.44. The predicted molar refractivity (Wildman–Crippen MR) is 83.0 cm³/mol. The molecule has 0 spiro atoms. The second-order valence-electron chi connectivity index (χ2n) is 5.90. The first-order chi connectivity index (χ1) is 10.9. The lowest BCUT2D eigenvalue weighted by atomic mass is 10.1. The molecule has 0 unspecified atom stereocenters. The maximum Gasteiger partial charge on any atom is 0.416 e. The Labute approximate surface area is 133 Å². The number of aliphatic hydroxyl groups excluding tert-OH is 1. The molecule has 23 heavy (non-hydrogen) atoms. The van der Waals surface area contributed by atoms with Crippen LogP contribution in [0.1, 0.15) is 30.9 Å². The SMILES string of the molecule is CCNC(=NCc1ccc(C(F)(F)F)cc1)NCC1(CO)CC1. The maximum absolute atomic E-state index is 12.5. The zero-order valence-electron chi connectivity index (χ0n) is 13.1. The third-order valence-electron chi connectivity index (χ3n) is 3.97. The molecule has 1 aliphatic carbocycles. The molecule has 0 radical (unpaired) electrons. The molecule has 4 nitrogen and oxygen atoms in total. The Balaban J connectivity index is 1.94. The van der Waals surface area contributed by atoms with Crippen LogP contribution in [0, 0.1) is 5.41 Å². The predicted octanol–water partition coefficient (Wildman–Crippen LogP) is 2.53. The summed E-state index contributed by atoms with van der Waals surface area (Å²) in [4.78, 5) is 4.37. The van der Waals surface area contributed by atoms with Crippen molar-refractivity contribution in [1.29, 1.82) is 0 Å². The Morgan fingerprint density at radius 2 is 1.87 bits per heavy atom. The number of guanidine groups is 1. The summed E-state index contributed by atoms with van der Waals surface area (Å²) in [6.07, 6.45) is -2.33. The van der Waals surface area contributed by atoms with E-state index < -0.39 is 11.7 Å². The van der Waals surface area contributed by atoms with Gasteiger partial charge >= 0.3 is 6.18 Å². The Kier molecular flexibility index (Phi) is 5.51. The van der Waals surface area contributed by atoms with E-state index in [1.165, 1.54) is 12.1 Å². The van der Waals surface area contributed by atoms with Gasteiger partial charge in [-0.3, -0.25) is 0 Å². The number of nitrogens with zero attached hydrogens (tertiary/aromatic N) is 1. The summed E-state index contributed by atoms with van der Waals surface area (Å²) in [5.74, 6) is 0.604.